The van der Waals surface area contributed by atoms with E-state index in [0.29, 0.717) is 23.5 Å². The van der Waals surface area contributed by atoms with Crippen molar-refractivity contribution in [3.63, 3.8) is 0 Å². The number of carbonyl (C=O) groups is 1. The van der Waals surface area contributed by atoms with Crippen LogP contribution in [0.1, 0.15) is 21.5 Å². The lowest BCUT2D eigenvalue weighted by atomic mass is 10.1. The van der Waals surface area contributed by atoms with Gasteiger partial charge in [0.2, 0.25) is 0 Å². The van der Waals surface area contributed by atoms with Crippen LogP contribution in [0, 0.1) is 0 Å². The van der Waals surface area contributed by atoms with Gasteiger partial charge in [-0.25, -0.2) is 0 Å². The minimum absolute atomic E-state index is 0.124. The number of benzene rings is 2. The molecule has 1 saturated heterocycles. The van der Waals surface area contributed by atoms with Gasteiger partial charge in [-0.15, -0.1) is 25.8 Å². The number of carbonyl (C=O) groups excluding carboxylic acids is 1. The van der Waals surface area contributed by atoms with Crippen molar-refractivity contribution in [2.75, 3.05) is 51.3 Å². The van der Waals surface area contributed by atoms with Crippen LogP contribution in [0.4, 0.5) is 18.9 Å². The number of rotatable bonds is 7. The Kier molecular flexibility index (Phi) is 7.06. The van der Waals surface area contributed by atoms with Gasteiger partial charge in [-0.2, -0.15) is 0 Å². The van der Waals surface area contributed by atoms with Crippen molar-refractivity contribution in [1.82, 2.24) is 9.80 Å². The third-order valence-electron chi connectivity index (χ3n) is 5.93. The van der Waals surface area contributed by atoms with Crippen molar-refractivity contribution in [3.8, 4) is 5.75 Å². The molecule has 2 heterocycles. The highest BCUT2D eigenvalue weighted by molar-refractivity contribution is 7.80. The van der Waals surface area contributed by atoms with Crippen LogP contribution in [0.5, 0.6) is 5.75 Å². The minimum atomic E-state index is -4.73. The van der Waals surface area contributed by atoms with Crippen molar-refractivity contribution in [3.05, 3.63) is 53.1 Å². The number of nitrogens with zero attached hydrogens (tertiary/aromatic N) is 3. The second-order valence-electron chi connectivity index (χ2n) is 8.17. The third-order valence-corrected chi connectivity index (χ3v) is 6.28. The van der Waals surface area contributed by atoms with Crippen LogP contribution in [0.25, 0.3) is 0 Å². The van der Waals surface area contributed by atoms with E-state index in [9.17, 15) is 18.0 Å². The summed E-state index contributed by atoms with van der Waals surface area (Å²) in [5.74, 6) is -0.409. The lowest BCUT2D eigenvalue weighted by Crippen LogP contribution is -2.47. The third kappa shape index (κ3) is 5.74. The van der Waals surface area contributed by atoms with Crippen LogP contribution in [0.3, 0.4) is 0 Å². The maximum absolute atomic E-state index is 13.0. The predicted octanol–water partition coefficient (Wildman–Crippen LogP) is 3.80. The highest BCUT2D eigenvalue weighted by Crippen LogP contribution is 2.34. The average Bonchev–Trinajstić information content (AvgIpc) is 3.08. The molecule has 0 radical (unpaired) electrons. The highest BCUT2D eigenvalue weighted by Gasteiger charge is 2.32. The molecule has 0 saturated carbocycles. The first-order valence-electron chi connectivity index (χ1n) is 10.7. The predicted molar refractivity (Wildman–Crippen MR) is 121 cm³/mol. The molecule has 33 heavy (non-hydrogen) atoms. The number of piperazine rings is 1. The molecule has 0 N–H and O–H groups in total. The first kappa shape index (κ1) is 23.7. The van der Waals surface area contributed by atoms with Crippen LogP contribution >= 0.6 is 12.6 Å². The van der Waals surface area contributed by atoms with Gasteiger partial charge in [0.15, 0.2) is 0 Å². The van der Waals surface area contributed by atoms with E-state index < -0.39 is 6.36 Å². The van der Waals surface area contributed by atoms with Crippen molar-refractivity contribution >= 4 is 24.2 Å². The molecule has 2 aromatic rings. The number of amides is 1. The normalized spacial score (nSPS) is 16.9. The molecule has 10 heteroatoms. The van der Waals surface area contributed by atoms with Crippen LogP contribution in [-0.2, 0) is 17.8 Å². The van der Waals surface area contributed by atoms with Gasteiger partial charge in [-0.1, -0.05) is 12.1 Å². The van der Waals surface area contributed by atoms with Gasteiger partial charge in [0.1, 0.15) is 5.75 Å². The number of ether oxygens (including phenoxy) is 2. The second-order valence-corrected chi connectivity index (χ2v) is 8.66. The smallest absolute Gasteiger partial charge is 0.406 e. The Bertz CT molecular complexity index is 993. The van der Waals surface area contributed by atoms with E-state index >= 15 is 0 Å². The van der Waals surface area contributed by atoms with Gasteiger partial charge >= 0.3 is 6.36 Å². The molecule has 2 aliphatic heterocycles. The highest BCUT2D eigenvalue weighted by atomic mass is 32.1. The van der Waals surface area contributed by atoms with Crippen LogP contribution in [-0.4, -0.2) is 68.5 Å². The van der Waals surface area contributed by atoms with Crippen LogP contribution in [0.2, 0.25) is 0 Å². The Morgan fingerprint density at radius 1 is 1.06 bits per heavy atom. The van der Waals surface area contributed by atoms with Gasteiger partial charge in [0.05, 0.1) is 12.2 Å². The molecule has 0 atom stereocenters. The largest absolute Gasteiger partial charge is 0.573 e. The molecular weight excluding hydrogens is 455 g/mol. The van der Waals surface area contributed by atoms with Crippen molar-refractivity contribution in [2.45, 2.75) is 24.3 Å². The van der Waals surface area contributed by atoms with Gasteiger partial charge in [-0.05, 0) is 35.4 Å². The fourth-order valence-electron chi connectivity index (χ4n) is 4.25. The first-order chi connectivity index (χ1) is 15.7. The molecule has 1 fully saturated rings. The zero-order valence-electron chi connectivity index (χ0n) is 18.3. The second kappa shape index (κ2) is 9.82. The zero-order valence-corrected chi connectivity index (χ0v) is 19.2. The SMILES string of the molecule is COCCN1CCN(c2cc(S)c3c(c2)CN(Cc2ccc(OC(F)(F)F)cc2)C3=O)CC1. The number of hydrogen-bond donors (Lipinski definition) is 1. The summed E-state index contributed by atoms with van der Waals surface area (Å²) in [7, 11) is 1.71. The number of alkyl halides is 3. The standard InChI is InChI=1S/C23H26F3N3O3S/c1-31-11-10-27-6-8-28(9-7-27)18-12-17-15-29(22(30)21(17)20(33)13-18)14-16-2-4-19(5-3-16)32-23(24,25)26/h2-5,12-13,33H,6-11,14-15H2,1H3. The molecule has 4 rings (SSSR count). The zero-order chi connectivity index (χ0) is 23.6. The van der Waals surface area contributed by atoms with Crippen LogP contribution in [0.15, 0.2) is 41.3 Å². The van der Waals surface area contributed by atoms with E-state index in [4.69, 9.17) is 4.74 Å². The topological polar surface area (TPSA) is 45.2 Å². The summed E-state index contributed by atoms with van der Waals surface area (Å²) < 4.78 is 46.1. The molecule has 2 aromatic carbocycles. The average molecular weight is 482 g/mol. The Labute approximate surface area is 196 Å². The maximum atomic E-state index is 13.0. The van der Waals surface area contributed by atoms with E-state index in [2.05, 4.69) is 33.2 Å². The summed E-state index contributed by atoms with van der Waals surface area (Å²) in [6, 6.07) is 9.58. The number of halogens is 3. The van der Waals surface area contributed by atoms with Gasteiger partial charge in [0, 0.05) is 63.5 Å². The minimum Gasteiger partial charge on any atom is -0.406 e. The molecule has 2 aliphatic rings. The molecule has 6 nitrogen and oxygen atoms in total. The molecule has 0 spiro atoms. The Morgan fingerprint density at radius 3 is 2.39 bits per heavy atom. The quantitative estimate of drug-likeness (QED) is 0.610. The molecule has 0 aliphatic carbocycles. The Hall–Kier alpha value is -2.43. The Morgan fingerprint density at radius 2 is 1.76 bits per heavy atom. The molecule has 178 valence electrons. The molecule has 1 amide bonds. The molecule has 0 aromatic heterocycles. The van der Waals surface area contributed by atoms with Gasteiger partial charge in [0.25, 0.3) is 5.91 Å². The maximum Gasteiger partial charge on any atom is 0.573 e. The van der Waals surface area contributed by atoms with E-state index in [1.54, 1.807) is 12.0 Å². The molecular formula is C23H26F3N3O3S. The Balaban J connectivity index is 1.41. The van der Waals surface area contributed by atoms with E-state index in [0.717, 1.165) is 56.1 Å². The van der Waals surface area contributed by atoms with E-state index in [1.165, 1.54) is 24.3 Å². The van der Waals surface area contributed by atoms with Crippen molar-refractivity contribution < 1.29 is 27.4 Å². The first-order valence-corrected chi connectivity index (χ1v) is 11.1. The monoisotopic (exact) mass is 481 g/mol. The van der Waals surface area contributed by atoms with Crippen molar-refractivity contribution in [2.24, 2.45) is 0 Å². The number of fused-ring (bicyclic) bond motifs is 1. The van der Waals surface area contributed by atoms with Crippen LogP contribution < -0.4 is 9.64 Å². The number of anilines is 1. The molecule has 0 bridgehead atoms. The summed E-state index contributed by atoms with van der Waals surface area (Å²) in [5.41, 5.74) is 3.28. The lowest BCUT2D eigenvalue weighted by molar-refractivity contribution is -0.274. The van der Waals surface area contributed by atoms with Gasteiger partial charge in [-0.3, -0.25) is 9.69 Å². The lowest BCUT2D eigenvalue weighted by Gasteiger charge is -2.36. The summed E-state index contributed by atoms with van der Waals surface area (Å²) in [4.78, 5) is 20.0. The summed E-state index contributed by atoms with van der Waals surface area (Å²) >= 11 is 4.60. The van der Waals surface area contributed by atoms with E-state index in [1.807, 2.05) is 6.07 Å². The van der Waals surface area contributed by atoms with E-state index in [-0.39, 0.29) is 11.7 Å². The number of thiol groups is 1. The van der Waals surface area contributed by atoms with Crippen molar-refractivity contribution in [1.29, 1.82) is 0 Å². The summed E-state index contributed by atoms with van der Waals surface area (Å²) in [5, 5.41) is 0. The molecule has 0 unspecified atom stereocenters. The summed E-state index contributed by atoms with van der Waals surface area (Å²) in [6.45, 7) is 6.03. The fourth-order valence-corrected chi connectivity index (χ4v) is 4.63. The fraction of sp³-hybridized carbons (Fsp3) is 0.435. The van der Waals surface area contributed by atoms with Gasteiger partial charge < -0.3 is 19.3 Å². The number of hydrogen-bond acceptors (Lipinski definition) is 6. The number of methoxy groups -OCH3 is 1. The summed E-state index contributed by atoms with van der Waals surface area (Å²) in [6.07, 6.45) is -4.73.